The quantitative estimate of drug-likeness (QED) is 0.682. The number of carbonyl (C=O) groups excluding carboxylic acids is 1. The molecule has 1 aromatic carbocycles. The van der Waals surface area contributed by atoms with E-state index in [2.05, 4.69) is 25.6 Å². The smallest absolute Gasteiger partial charge is 0.256 e. The number of amides is 1. The Labute approximate surface area is 159 Å². The molecule has 4 atom stereocenters. The van der Waals surface area contributed by atoms with Gasteiger partial charge in [-0.25, -0.2) is 9.97 Å². The van der Waals surface area contributed by atoms with Crippen LogP contribution in [0.15, 0.2) is 36.7 Å². The SMILES string of the molecule is CC[C@@]12CO[C@@H]([C@H](n3nnc4c(NC(=O)c5ccccc5)ncnc43)O1)[C@@H]2O. The second-order valence-electron chi connectivity index (χ2n) is 6.90. The van der Waals surface area contributed by atoms with Gasteiger partial charge in [-0.05, 0) is 18.6 Å². The zero-order valence-corrected chi connectivity index (χ0v) is 15.0. The van der Waals surface area contributed by atoms with E-state index >= 15 is 0 Å². The topological polar surface area (TPSA) is 124 Å². The van der Waals surface area contributed by atoms with Crippen LogP contribution in [0, 0.1) is 0 Å². The fraction of sp³-hybridized carbons (Fsp3) is 0.389. The molecule has 0 aliphatic carbocycles. The highest BCUT2D eigenvalue weighted by Gasteiger charge is 2.61. The van der Waals surface area contributed by atoms with E-state index in [1.54, 1.807) is 24.3 Å². The van der Waals surface area contributed by atoms with Crippen LogP contribution in [-0.4, -0.2) is 60.4 Å². The van der Waals surface area contributed by atoms with Gasteiger partial charge >= 0.3 is 0 Å². The fourth-order valence-electron chi connectivity index (χ4n) is 3.74. The minimum atomic E-state index is -0.749. The van der Waals surface area contributed by atoms with Crippen LogP contribution >= 0.6 is 0 Å². The van der Waals surface area contributed by atoms with E-state index in [0.717, 1.165) is 0 Å². The molecule has 10 heteroatoms. The molecule has 3 aromatic rings. The van der Waals surface area contributed by atoms with Crippen LogP contribution < -0.4 is 5.32 Å². The maximum absolute atomic E-state index is 12.4. The van der Waals surface area contributed by atoms with Gasteiger partial charge in [0.1, 0.15) is 24.1 Å². The number of aliphatic hydroxyl groups excluding tert-OH is 1. The molecule has 2 fully saturated rings. The van der Waals surface area contributed by atoms with Crippen LogP contribution in [0.4, 0.5) is 5.82 Å². The standard InChI is InChI=1S/C18H18N6O4/c1-2-18-8-27-12(13(18)25)17(28-18)24-15-11(22-23-24)14(19-9-20-15)21-16(26)10-6-4-3-5-7-10/h3-7,9,12-13,17,25H,2,8H2,1H3,(H,19,20,21,26)/t12-,13+,17-,18+/m1/s1. The first-order valence-electron chi connectivity index (χ1n) is 9.03. The van der Waals surface area contributed by atoms with Gasteiger partial charge in [0.05, 0.1) is 6.61 Å². The number of ether oxygens (including phenoxy) is 2. The van der Waals surface area contributed by atoms with Crippen molar-refractivity contribution in [3.63, 3.8) is 0 Å². The summed E-state index contributed by atoms with van der Waals surface area (Å²) < 4.78 is 13.3. The highest BCUT2D eigenvalue weighted by atomic mass is 16.6. The molecule has 1 amide bonds. The van der Waals surface area contributed by atoms with Crippen molar-refractivity contribution in [2.24, 2.45) is 0 Å². The van der Waals surface area contributed by atoms with Crippen LogP contribution in [-0.2, 0) is 9.47 Å². The lowest BCUT2D eigenvalue weighted by atomic mass is 9.96. The molecule has 2 N–H and O–H groups in total. The molecule has 2 bridgehead atoms. The average molecular weight is 382 g/mol. The molecule has 2 aliphatic heterocycles. The number of aliphatic hydroxyl groups is 1. The predicted molar refractivity (Wildman–Crippen MR) is 96.4 cm³/mol. The summed E-state index contributed by atoms with van der Waals surface area (Å²) in [4.78, 5) is 20.8. The number of hydrogen-bond donors (Lipinski definition) is 2. The molecular weight excluding hydrogens is 364 g/mol. The lowest BCUT2D eigenvalue weighted by Gasteiger charge is -2.29. The van der Waals surface area contributed by atoms with Gasteiger partial charge in [0.15, 0.2) is 23.2 Å². The Balaban J connectivity index is 1.48. The minimum absolute atomic E-state index is 0.250. The van der Waals surface area contributed by atoms with E-state index in [1.165, 1.54) is 11.0 Å². The third-order valence-corrected chi connectivity index (χ3v) is 5.38. The number of nitrogens with zero attached hydrogens (tertiary/aromatic N) is 5. The lowest BCUT2D eigenvalue weighted by molar-refractivity contribution is -0.177. The number of fused-ring (bicyclic) bond motifs is 3. The van der Waals surface area contributed by atoms with E-state index in [9.17, 15) is 9.90 Å². The molecule has 0 radical (unpaired) electrons. The van der Waals surface area contributed by atoms with E-state index in [0.29, 0.717) is 29.8 Å². The van der Waals surface area contributed by atoms with Crippen molar-refractivity contribution in [2.45, 2.75) is 37.4 Å². The Kier molecular flexibility index (Phi) is 3.86. The van der Waals surface area contributed by atoms with Gasteiger partial charge in [-0.15, -0.1) is 5.10 Å². The summed E-state index contributed by atoms with van der Waals surface area (Å²) in [6.45, 7) is 2.28. The number of nitrogens with one attached hydrogen (secondary N) is 1. The maximum Gasteiger partial charge on any atom is 0.256 e. The van der Waals surface area contributed by atoms with Gasteiger partial charge < -0.3 is 19.9 Å². The number of benzene rings is 1. The second-order valence-corrected chi connectivity index (χ2v) is 6.90. The van der Waals surface area contributed by atoms with Crippen LogP contribution in [0.2, 0.25) is 0 Å². The van der Waals surface area contributed by atoms with Gasteiger partial charge in [-0.2, -0.15) is 4.68 Å². The first-order valence-corrected chi connectivity index (χ1v) is 9.03. The van der Waals surface area contributed by atoms with Gasteiger partial charge in [0.2, 0.25) is 0 Å². The van der Waals surface area contributed by atoms with Crippen LogP contribution in [0.25, 0.3) is 11.2 Å². The van der Waals surface area contributed by atoms with Crippen LogP contribution in [0.1, 0.15) is 29.9 Å². The molecule has 4 heterocycles. The Morgan fingerprint density at radius 2 is 2.18 bits per heavy atom. The molecule has 28 heavy (non-hydrogen) atoms. The van der Waals surface area contributed by atoms with Crippen LogP contribution in [0.5, 0.6) is 0 Å². The molecule has 144 valence electrons. The van der Waals surface area contributed by atoms with Gasteiger partial charge in [0.25, 0.3) is 5.91 Å². The van der Waals surface area contributed by atoms with E-state index in [4.69, 9.17) is 9.47 Å². The van der Waals surface area contributed by atoms with Crippen molar-refractivity contribution in [1.29, 1.82) is 0 Å². The van der Waals surface area contributed by atoms with Crippen molar-refractivity contribution < 1.29 is 19.4 Å². The third kappa shape index (κ3) is 2.42. The van der Waals surface area contributed by atoms with Crippen molar-refractivity contribution in [1.82, 2.24) is 25.0 Å². The fourth-order valence-corrected chi connectivity index (χ4v) is 3.74. The zero-order chi connectivity index (χ0) is 19.3. The Morgan fingerprint density at radius 1 is 1.36 bits per heavy atom. The van der Waals surface area contributed by atoms with Gasteiger partial charge in [0, 0.05) is 5.56 Å². The van der Waals surface area contributed by atoms with Gasteiger partial charge in [-0.1, -0.05) is 30.3 Å². The molecular formula is C18H18N6O4. The Hall–Kier alpha value is -2.95. The number of carbonyl (C=O) groups is 1. The normalized spacial score (nSPS) is 28.7. The van der Waals surface area contributed by atoms with Crippen LogP contribution in [0.3, 0.4) is 0 Å². The summed E-state index contributed by atoms with van der Waals surface area (Å²) in [7, 11) is 0. The molecule has 5 rings (SSSR count). The first kappa shape index (κ1) is 17.2. The number of aromatic nitrogens is 5. The van der Waals surface area contributed by atoms with E-state index < -0.39 is 24.0 Å². The largest absolute Gasteiger partial charge is 0.387 e. The summed E-state index contributed by atoms with van der Waals surface area (Å²) >= 11 is 0. The van der Waals surface area contributed by atoms with Gasteiger partial charge in [-0.3, -0.25) is 4.79 Å². The van der Waals surface area contributed by atoms with Crippen molar-refractivity contribution in [3.05, 3.63) is 42.2 Å². The molecule has 2 saturated heterocycles. The zero-order valence-electron chi connectivity index (χ0n) is 15.0. The summed E-state index contributed by atoms with van der Waals surface area (Å²) in [5, 5.41) is 21.5. The number of hydrogen-bond acceptors (Lipinski definition) is 8. The Bertz CT molecular complexity index is 1040. The predicted octanol–water partition coefficient (Wildman–Crippen LogP) is 0.911. The summed E-state index contributed by atoms with van der Waals surface area (Å²) in [6, 6.07) is 8.80. The maximum atomic E-state index is 12.4. The molecule has 2 aromatic heterocycles. The third-order valence-electron chi connectivity index (χ3n) is 5.38. The lowest BCUT2D eigenvalue weighted by Crippen LogP contribution is -2.39. The highest BCUT2D eigenvalue weighted by molar-refractivity contribution is 6.06. The molecule has 10 nitrogen and oxygen atoms in total. The van der Waals surface area contributed by atoms with E-state index in [-0.39, 0.29) is 11.7 Å². The Morgan fingerprint density at radius 3 is 2.93 bits per heavy atom. The molecule has 2 aliphatic rings. The second kappa shape index (κ2) is 6.30. The summed E-state index contributed by atoms with van der Waals surface area (Å²) in [5.74, 6) is -0.0602. The molecule has 0 unspecified atom stereocenters. The number of rotatable bonds is 4. The summed E-state index contributed by atoms with van der Waals surface area (Å²) in [6.07, 6.45) is -0.0198. The molecule has 0 spiro atoms. The average Bonchev–Trinajstić information content (AvgIpc) is 3.39. The van der Waals surface area contributed by atoms with Crippen molar-refractivity contribution in [3.8, 4) is 0 Å². The first-order chi connectivity index (χ1) is 13.6. The van der Waals surface area contributed by atoms with E-state index in [1.807, 2.05) is 13.0 Å². The van der Waals surface area contributed by atoms with Crippen molar-refractivity contribution in [2.75, 3.05) is 11.9 Å². The highest BCUT2D eigenvalue weighted by Crippen LogP contribution is 2.46. The van der Waals surface area contributed by atoms with Crippen molar-refractivity contribution >= 4 is 22.9 Å². The number of anilines is 1. The monoisotopic (exact) mass is 382 g/mol. The minimum Gasteiger partial charge on any atom is -0.387 e. The summed E-state index contributed by atoms with van der Waals surface area (Å²) in [5.41, 5.74) is 0.473. The molecule has 0 saturated carbocycles.